The Morgan fingerprint density at radius 2 is 1.92 bits per heavy atom. The van der Waals surface area contributed by atoms with Gasteiger partial charge in [-0.1, -0.05) is 6.07 Å². The Bertz CT molecular complexity index is 623. The topological polar surface area (TPSA) is 59.1 Å². The highest BCUT2D eigenvalue weighted by Gasteiger charge is 2.39. The summed E-state index contributed by atoms with van der Waals surface area (Å²) in [6.45, 7) is 5.54. The normalized spacial score (nSPS) is 27.5. The van der Waals surface area contributed by atoms with Crippen molar-refractivity contribution >= 4 is 17.5 Å². The second kappa shape index (κ2) is 6.81. The minimum Gasteiger partial charge on any atom is -0.497 e. The number of rotatable bonds is 3. The average molecular weight is 332 g/mol. The standard InChI is InChI=1S/C18H24N2O4/c1-12-9-19(10-13(2)24-12)18(22)14-7-17(21)20(11-14)15-5-4-6-16(8-15)23-3/h4-6,8,12-14H,7,9-11H2,1-3H3/t12-,13-,14-/m1/s1. The van der Waals surface area contributed by atoms with Gasteiger partial charge < -0.3 is 19.3 Å². The molecule has 2 amide bonds. The molecule has 2 aliphatic rings. The number of benzene rings is 1. The molecule has 1 aromatic carbocycles. The lowest BCUT2D eigenvalue weighted by Gasteiger charge is -2.36. The highest BCUT2D eigenvalue weighted by Crippen LogP contribution is 2.29. The van der Waals surface area contributed by atoms with Crippen molar-refractivity contribution in [2.75, 3.05) is 31.6 Å². The van der Waals surface area contributed by atoms with Crippen LogP contribution >= 0.6 is 0 Å². The zero-order chi connectivity index (χ0) is 17.3. The molecule has 130 valence electrons. The van der Waals surface area contributed by atoms with Crippen LogP contribution in [0.2, 0.25) is 0 Å². The van der Waals surface area contributed by atoms with Crippen molar-refractivity contribution in [3.63, 3.8) is 0 Å². The lowest BCUT2D eigenvalue weighted by molar-refractivity contribution is -0.147. The lowest BCUT2D eigenvalue weighted by Crippen LogP contribution is -2.50. The predicted octanol–water partition coefficient (Wildman–Crippen LogP) is 1.68. The molecule has 1 aromatic rings. The van der Waals surface area contributed by atoms with Crippen LogP contribution < -0.4 is 9.64 Å². The molecular formula is C18H24N2O4. The number of nitrogens with zero attached hydrogens (tertiary/aromatic N) is 2. The van der Waals surface area contributed by atoms with Gasteiger partial charge in [0.2, 0.25) is 11.8 Å². The molecule has 6 nitrogen and oxygen atoms in total. The minimum absolute atomic E-state index is 0.0176. The van der Waals surface area contributed by atoms with E-state index in [2.05, 4.69) is 0 Å². The molecule has 2 saturated heterocycles. The first-order valence-electron chi connectivity index (χ1n) is 8.36. The molecule has 0 saturated carbocycles. The van der Waals surface area contributed by atoms with E-state index < -0.39 is 0 Å². The molecule has 24 heavy (non-hydrogen) atoms. The second-order valence-corrected chi connectivity index (χ2v) is 6.61. The fourth-order valence-electron chi connectivity index (χ4n) is 3.52. The summed E-state index contributed by atoms with van der Waals surface area (Å²) in [7, 11) is 1.60. The molecule has 0 spiro atoms. The van der Waals surface area contributed by atoms with Crippen LogP contribution in [-0.2, 0) is 14.3 Å². The maximum Gasteiger partial charge on any atom is 0.228 e. The summed E-state index contributed by atoms with van der Waals surface area (Å²) >= 11 is 0. The van der Waals surface area contributed by atoms with Crippen molar-refractivity contribution in [2.24, 2.45) is 5.92 Å². The number of carbonyl (C=O) groups is 2. The van der Waals surface area contributed by atoms with Gasteiger partial charge in [0.05, 0.1) is 25.2 Å². The van der Waals surface area contributed by atoms with E-state index in [1.54, 1.807) is 12.0 Å². The summed E-state index contributed by atoms with van der Waals surface area (Å²) in [5, 5.41) is 0. The van der Waals surface area contributed by atoms with E-state index in [0.29, 0.717) is 25.4 Å². The molecule has 0 unspecified atom stereocenters. The zero-order valence-electron chi connectivity index (χ0n) is 14.4. The molecule has 0 radical (unpaired) electrons. The van der Waals surface area contributed by atoms with Crippen molar-refractivity contribution in [1.29, 1.82) is 0 Å². The van der Waals surface area contributed by atoms with E-state index in [0.717, 1.165) is 5.69 Å². The van der Waals surface area contributed by atoms with E-state index in [1.165, 1.54) is 0 Å². The Morgan fingerprint density at radius 1 is 1.21 bits per heavy atom. The fraction of sp³-hybridized carbons (Fsp3) is 0.556. The van der Waals surface area contributed by atoms with E-state index in [1.807, 2.05) is 43.0 Å². The molecule has 0 aromatic heterocycles. The number of methoxy groups -OCH3 is 1. The summed E-state index contributed by atoms with van der Waals surface area (Å²) in [4.78, 5) is 28.7. The summed E-state index contributed by atoms with van der Waals surface area (Å²) in [5.74, 6) is 0.443. The Morgan fingerprint density at radius 3 is 2.58 bits per heavy atom. The van der Waals surface area contributed by atoms with Gasteiger partial charge in [0.25, 0.3) is 0 Å². The molecule has 0 aliphatic carbocycles. The first-order chi connectivity index (χ1) is 11.5. The van der Waals surface area contributed by atoms with Crippen molar-refractivity contribution in [3.8, 4) is 5.75 Å². The Balaban J connectivity index is 1.71. The molecule has 6 heteroatoms. The van der Waals surface area contributed by atoms with Crippen LogP contribution in [-0.4, -0.2) is 55.7 Å². The third-order valence-electron chi connectivity index (χ3n) is 4.57. The molecule has 0 bridgehead atoms. The van der Waals surface area contributed by atoms with E-state index in [9.17, 15) is 9.59 Å². The third-order valence-corrected chi connectivity index (χ3v) is 4.57. The Labute approximate surface area is 142 Å². The molecule has 3 atom stereocenters. The first-order valence-corrected chi connectivity index (χ1v) is 8.36. The van der Waals surface area contributed by atoms with Gasteiger partial charge in [-0.05, 0) is 26.0 Å². The van der Waals surface area contributed by atoms with E-state index in [-0.39, 0.29) is 36.4 Å². The fourth-order valence-corrected chi connectivity index (χ4v) is 3.52. The SMILES string of the molecule is COc1cccc(N2C[C@H](C(=O)N3C[C@@H](C)O[C@H](C)C3)CC2=O)c1. The number of amides is 2. The lowest BCUT2D eigenvalue weighted by atomic mass is 10.1. The van der Waals surface area contributed by atoms with Crippen LogP contribution in [0.5, 0.6) is 5.75 Å². The molecule has 2 fully saturated rings. The van der Waals surface area contributed by atoms with Crippen LogP contribution in [0, 0.1) is 5.92 Å². The Hall–Kier alpha value is -2.08. The van der Waals surface area contributed by atoms with Gasteiger partial charge in [-0.15, -0.1) is 0 Å². The van der Waals surface area contributed by atoms with Crippen LogP contribution in [0.1, 0.15) is 20.3 Å². The predicted molar refractivity (Wildman–Crippen MR) is 90.0 cm³/mol. The maximum atomic E-state index is 12.8. The molecule has 2 heterocycles. The summed E-state index contributed by atoms with van der Waals surface area (Å²) in [6.07, 6.45) is 0.324. The quantitative estimate of drug-likeness (QED) is 0.845. The number of hydrogen-bond acceptors (Lipinski definition) is 4. The van der Waals surface area contributed by atoms with Gasteiger partial charge in [0.1, 0.15) is 5.75 Å². The van der Waals surface area contributed by atoms with Crippen molar-refractivity contribution in [2.45, 2.75) is 32.5 Å². The van der Waals surface area contributed by atoms with Gasteiger partial charge in [0.15, 0.2) is 0 Å². The first kappa shape index (κ1) is 16.8. The highest BCUT2D eigenvalue weighted by atomic mass is 16.5. The zero-order valence-corrected chi connectivity index (χ0v) is 14.4. The van der Waals surface area contributed by atoms with Crippen LogP contribution in [0.15, 0.2) is 24.3 Å². The van der Waals surface area contributed by atoms with Gasteiger partial charge in [0, 0.05) is 37.8 Å². The highest BCUT2D eigenvalue weighted by molar-refractivity contribution is 6.00. The molecule has 0 N–H and O–H groups in total. The van der Waals surface area contributed by atoms with Gasteiger partial charge in [-0.25, -0.2) is 0 Å². The van der Waals surface area contributed by atoms with Gasteiger partial charge in [-0.2, -0.15) is 0 Å². The number of morpholine rings is 1. The summed E-state index contributed by atoms with van der Waals surface area (Å²) in [5.41, 5.74) is 0.776. The Kier molecular flexibility index (Phi) is 4.76. The van der Waals surface area contributed by atoms with Crippen molar-refractivity contribution in [3.05, 3.63) is 24.3 Å². The monoisotopic (exact) mass is 332 g/mol. The second-order valence-electron chi connectivity index (χ2n) is 6.61. The smallest absolute Gasteiger partial charge is 0.228 e. The van der Waals surface area contributed by atoms with E-state index >= 15 is 0 Å². The van der Waals surface area contributed by atoms with E-state index in [4.69, 9.17) is 9.47 Å². The minimum atomic E-state index is -0.291. The summed E-state index contributed by atoms with van der Waals surface area (Å²) < 4.78 is 10.9. The van der Waals surface area contributed by atoms with Crippen LogP contribution in [0.3, 0.4) is 0 Å². The number of hydrogen-bond donors (Lipinski definition) is 0. The van der Waals surface area contributed by atoms with Crippen LogP contribution in [0.4, 0.5) is 5.69 Å². The molecule has 2 aliphatic heterocycles. The summed E-state index contributed by atoms with van der Waals surface area (Å²) in [6, 6.07) is 7.38. The van der Waals surface area contributed by atoms with Crippen molar-refractivity contribution in [1.82, 2.24) is 4.90 Å². The number of carbonyl (C=O) groups excluding carboxylic acids is 2. The average Bonchev–Trinajstić information content (AvgIpc) is 2.95. The van der Waals surface area contributed by atoms with Crippen molar-refractivity contribution < 1.29 is 19.1 Å². The van der Waals surface area contributed by atoms with Crippen LogP contribution in [0.25, 0.3) is 0 Å². The molecule has 3 rings (SSSR count). The number of anilines is 1. The van der Waals surface area contributed by atoms with Gasteiger partial charge in [-0.3, -0.25) is 9.59 Å². The largest absolute Gasteiger partial charge is 0.497 e. The molecular weight excluding hydrogens is 308 g/mol. The number of ether oxygens (including phenoxy) is 2. The third kappa shape index (κ3) is 3.38. The maximum absolute atomic E-state index is 12.8. The van der Waals surface area contributed by atoms with Gasteiger partial charge >= 0.3 is 0 Å².